The Morgan fingerprint density at radius 1 is 1.47 bits per heavy atom. The molecule has 2 heterocycles. The van der Waals surface area contributed by atoms with Gasteiger partial charge in [-0.05, 0) is 18.2 Å². The predicted molar refractivity (Wildman–Crippen MR) is 60.0 cm³/mol. The van der Waals surface area contributed by atoms with E-state index in [1.165, 1.54) is 19.2 Å². The lowest BCUT2D eigenvalue weighted by atomic mass is 10.2. The molecular formula is C11H11N3O3. The van der Waals surface area contributed by atoms with Crippen molar-refractivity contribution in [2.45, 2.75) is 6.54 Å². The molecule has 1 N–H and O–H groups in total. The minimum Gasteiger partial charge on any atom is -0.477 e. The summed E-state index contributed by atoms with van der Waals surface area (Å²) in [6.45, 7) is 0.333. The van der Waals surface area contributed by atoms with Gasteiger partial charge in [0.25, 0.3) is 5.56 Å². The molecule has 0 unspecified atom stereocenters. The van der Waals surface area contributed by atoms with E-state index in [1.54, 1.807) is 23.1 Å². The molecule has 0 aliphatic rings. The van der Waals surface area contributed by atoms with Gasteiger partial charge in [0.15, 0.2) is 0 Å². The molecule has 0 aromatic carbocycles. The van der Waals surface area contributed by atoms with Gasteiger partial charge in [0.05, 0.1) is 6.54 Å². The van der Waals surface area contributed by atoms with Crippen LogP contribution in [0.1, 0.15) is 16.1 Å². The van der Waals surface area contributed by atoms with Crippen molar-refractivity contribution in [1.29, 1.82) is 0 Å². The first kappa shape index (κ1) is 11.1. The van der Waals surface area contributed by atoms with Gasteiger partial charge >= 0.3 is 5.97 Å². The Balaban J connectivity index is 2.41. The molecule has 0 radical (unpaired) electrons. The lowest BCUT2D eigenvalue weighted by Crippen LogP contribution is -2.27. The van der Waals surface area contributed by atoms with Crippen LogP contribution >= 0.6 is 0 Å². The maximum absolute atomic E-state index is 11.9. The molecule has 88 valence electrons. The van der Waals surface area contributed by atoms with Crippen molar-refractivity contribution in [3.05, 3.63) is 52.2 Å². The summed E-state index contributed by atoms with van der Waals surface area (Å²) in [7, 11) is 1.44. The summed E-state index contributed by atoms with van der Waals surface area (Å²) in [6.07, 6.45) is 3.36. The van der Waals surface area contributed by atoms with E-state index in [0.29, 0.717) is 12.1 Å². The minimum atomic E-state index is -1.12. The van der Waals surface area contributed by atoms with E-state index in [-0.39, 0.29) is 11.3 Å². The summed E-state index contributed by atoms with van der Waals surface area (Å²) in [5, 5.41) is 12.9. The van der Waals surface area contributed by atoms with Crippen molar-refractivity contribution >= 4 is 5.97 Å². The molecule has 0 saturated heterocycles. The van der Waals surface area contributed by atoms with Crippen LogP contribution in [0.5, 0.6) is 0 Å². The van der Waals surface area contributed by atoms with Crippen LogP contribution in [-0.4, -0.2) is 25.4 Å². The molecule has 0 aliphatic heterocycles. The number of aromatic nitrogens is 3. The first-order chi connectivity index (χ1) is 8.09. The number of hydrogen-bond acceptors (Lipinski definition) is 3. The standard InChI is InChI=1S/C11H11N3O3/c1-13-9(11(16)17)4-3-8(10(13)15)7-14-6-2-5-12-14/h2-6H,7H2,1H3,(H,16,17). The van der Waals surface area contributed by atoms with E-state index in [0.717, 1.165) is 4.57 Å². The van der Waals surface area contributed by atoms with E-state index in [1.807, 2.05) is 0 Å². The number of nitrogens with zero attached hydrogens (tertiary/aromatic N) is 3. The summed E-state index contributed by atoms with van der Waals surface area (Å²) >= 11 is 0. The maximum Gasteiger partial charge on any atom is 0.352 e. The summed E-state index contributed by atoms with van der Waals surface area (Å²) in [6, 6.07) is 4.70. The van der Waals surface area contributed by atoms with Gasteiger partial charge in [-0.15, -0.1) is 0 Å². The van der Waals surface area contributed by atoms with Crippen LogP contribution in [0, 0.1) is 0 Å². The van der Waals surface area contributed by atoms with Gasteiger partial charge in [0.2, 0.25) is 0 Å². The molecule has 6 nitrogen and oxygen atoms in total. The summed E-state index contributed by atoms with van der Waals surface area (Å²) in [5.74, 6) is -1.12. The minimum absolute atomic E-state index is 0.0285. The number of carbonyl (C=O) groups is 1. The SMILES string of the molecule is Cn1c(C(=O)O)ccc(Cn2cccn2)c1=O. The van der Waals surface area contributed by atoms with Gasteiger partial charge in [-0.1, -0.05) is 0 Å². The molecule has 0 fully saturated rings. The third-order valence-corrected chi connectivity index (χ3v) is 2.49. The molecule has 0 atom stereocenters. The van der Waals surface area contributed by atoms with E-state index >= 15 is 0 Å². The number of carboxylic acid groups (broad SMARTS) is 1. The Bertz CT molecular complexity index is 599. The van der Waals surface area contributed by atoms with Gasteiger partial charge in [-0.25, -0.2) is 4.79 Å². The van der Waals surface area contributed by atoms with Gasteiger partial charge in [0, 0.05) is 25.0 Å². The van der Waals surface area contributed by atoms with Crippen molar-refractivity contribution in [3.63, 3.8) is 0 Å². The normalized spacial score (nSPS) is 10.4. The fourth-order valence-electron chi connectivity index (χ4n) is 1.59. The fraction of sp³-hybridized carbons (Fsp3) is 0.182. The van der Waals surface area contributed by atoms with Crippen molar-refractivity contribution in [3.8, 4) is 0 Å². The monoisotopic (exact) mass is 233 g/mol. The molecule has 0 bridgehead atoms. The Labute approximate surface area is 96.7 Å². The smallest absolute Gasteiger partial charge is 0.352 e. The summed E-state index contributed by atoms with van der Waals surface area (Å²) < 4.78 is 2.73. The van der Waals surface area contributed by atoms with E-state index in [9.17, 15) is 9.59 Å². The predicted octanol–water partition coefficient (Wildman–Crippen LogP) is 0.328. The highest BCUT2D eigenvalue weighted by Crippen LogP contribution is 2.00. The number of rotatable bonds is 3. The second kappa shape index (κ2) is 4.25. The topological polar surface area (TPSA) is 77.1 Å². The fourth-order valence-corrected chi connectivity index (χ4v) is 1.59. The largest absolute Gasteiger partial charge is 0.477 e. The molecule has 17 heavy (non-hydrogen) atoms. The summed E-state index contributed by atoms with van der Waals surface area (Å²) in [5.41, 5.74) is 0.154. The maximum atomic E-state index is 11.9. The van der Waals surface area contributed by atoms with E-state index in [2.05, 4.69) is 5.10 Å². The Kier molecular flexibility index (Phi) is 2.78. The third kappa shape index (κ3) is 2.10. The Morgan fingerprint density at radius 3 is 2.82 bits per heavy atom. The molecule has 2 rings (SSSR count). The number of hydrogen-bond donors (Lipinski definition) is 1. The molecule has 2 aromatic heterocycles. The van der Waals surface area contributed by atoms with Crippen LogP contribution in [0.3, 0.4) is 0 Å². The number of pyridine rings is 1. The van der Waals surface area contributed by atoms with Gasteiger partial charge < -0.3 is 9.67 Å². The van der Waals surface area contributed by atoms with Crippen molar-refractivity contribution in [2.24, 2.45) is 7.05 Å². The Morgan fingerprint density at radius 2 is 2.24 bits per heavy atom. The van der Waals surface area contributed by atoms with Crippen molar-refractivity contribution in [1.82, 2.24) is 14.3 Å². The molecule has 0 spiro atoms. The zero-order valence-corrected chi connectivity index (χ0v) is 9.20. The van der Waals surface area contributed by atoms with Crippen LogP contribution in [0.2, 0.25) is 0 Å². The van der Waals surface area contributed by atoms with Crippen LogP contribution < -0.4 is 5.56 Å². The van der Waals surface area contributed by atoms with Crippen LogP contribution in [-0.2, 0) is 13.6 Å². The first-order valence-electron chi connectivity index (χ1n) is 4.99. The average Bonchev–Trinajstić information content (AvgIpc) is 2.77. The van der Waals surface area contributed by atoms with Gasteiger partial charge in [-0.2, -0.15) is 5.10 Å². The third-order valence-electron chi connectivity index (χ3n) is 2.49. The van der Waals surface area contributed by atoms with Crippen LogP contribution in [0.25, 0.3) is 0 Å². The average molecular weight is 233 g/mol. The van der Waals surface area contributed by atoms with E-state index in [4.69, 9.17) is 5.11 Å². The number of carboxylic acids is 1. The quantitative estimate of drug-likeness (QED) is 0.828. The van der Waals surface area contributed by atoms with E-state index < -0.39 is 5.97 Å². The van der Waals surface area contributed by atoms with Crippen molar-refractivity contribution < 1.29 is 9.90 Å². The highest BCUT2D eigenvalue weighted by atomic mass is 16.4. The molecule has 6 heteroatoms. The van der Waals surface area contributed by atoms with Gasteiger partial charge in [-0.3, -0.25) is 9.48 Å². The number of aromatic carboxylic acids is 1. The van der Waals surface area contributed by atoms with Gasteiger partial charge in [0.1, 0.15) is 5.69 Å². The Hall–Kier alpha value is -2.37. The molecule has 0 amide bonds. The van der Waals surface area contributed by atoms with Crippen LogP contribution in [0.15, 0.2) is 35.4 Å². The second-order valence-electron chi connectivity index (χ2n) is 3.62. The lowest BCUT2D eigenvalue weighted by molar-refractivity contribution is 0.0685. The molecular weight excluding hydrogens is 222 g/mol. The second-order valence-corrected chi connectivity index (χ2v) is 3.62. The molecule has 0 aliphatic carbocycles. The first-order valence-corrected chi connectivity index (χ1v) is 4.99. The highest BCUT2D eigenvalue weighted by Gasteiger charge is 2.11. The summed E-state index contributed by atoms with van der Waals surface area (Å²) in [4.78, 5) is 22.7. The molecule has 0 saturated carbocycles. The zero-order valence-electron chi connectivity index (χ0n) is 9.20. The van der Waals surface area contributed by atoms with Crippen molar-refractivity contribution in [2.75, 3.05) is 0 Å². The highest BCUT2D eigenvalue weighted by molar-refractivity contribution is 5.85. The zero-order chi connectivity index (χ0) is 12.4. The van der Waals surface area contributed by atoms with Crippen LogP contribution in [0.4, 0.5) is 0 Å². The molecule has 2 aromatic rings. The lowest BCUT2D eigenvalue weighted by Gasteiger charge is -2.07.